The van der Waals surface area contributed by atoms with Crippen LogP contribution in [0.25, 0.3) is 0 Å². The Morgan fingerprint density at radius 2 is 0.680 bits per heavy atom. The molecule has 0 amide bonds. The van der Waals surface area contributed by atoms with Crippen LogP contribution in [0.3, 0.4) is 0 Å². The Morgan fingerprint density at radius 1 is 0.440 bits per heavy atom. The quantitative estimate of drug-likeness (QED) is 0.0528. The van der Waals surface area contributed by atoms with Gasteiger partial charge < -0.3 is 28.7 Å². The van der Waals surface area contributed by atoms with E-state index in [0.717, 1.165) is 60.8 Å². The predicted molar refractivity (Wildman–Crippen MR) is 208 cm³/mol. The summed E-state index contributed by atoms with van der Waals surface area (Å²) in [5.41, 5.74) is 2.64. The summed E-state index contributed by atoms with van der Waals surface area (Å²) < 4.78 is 23.1. The first-order valence-electron chi connectivity index (χ1n) is 19.0. The van der Waals surface area contributed by atoms with Gasteiger partial charge in [-0.3, -0.25) is 0 Å². The zero-order valence-electron chi connectivity index (χ0n) is 32.1. The van der Waals surface area contributed by atoms with Gasteiger partial charge in [-0.1, -0.05) is 204 Å². The molecule has 0 saturated heterocycles. The van der Waals surface area contributed by atoms with Crippen LogP contribution >= 0.6 is 15.2 Å². The van der Waals surface area contributed by atoms with Crippen molar-refractivity contribution in [3.63, 3.8) is 0 Å². The third kappa shape index (κ3) is 29.2. The van der Waals surface area contributed by atoms with E-state index in [9.17, 15) is 28.7 Å². The van der Waals surface area contributed by atoms with Crippen LogP contribution in [0.5, 0.6) is 0 Å². The van der Waals surface area contributed by atoms with Gasteiger partial charge in [0.05, 0.1) is 0 Å². The van der Waals surface area contributed by atoms with Crippen molar-refractivity contribution in [3.8, 4) is 0 Å². The molecule has 6 nitrogen and oxygen atoms in total. The minimum absolute atomic E-state index is 0. The third-order valence-corrected chi connectivity index (χ3v) is 12.0. The summed E-state index contributed by atoms with van der Waals surface area (Å²) in [6.45, 7) is 8.43. The molecule has 50 heavy (non-hydrogen) atoms. The van der Waals surface area contributed by atoms with Crippen LogP contribution in [0.4, 0.5) is 0 Å². The summed E-state index contributed by atoms with van der Waals surface area (Å²) in [5, 5.41) is 0. The first kappa shape index (κ1) is 54.0. The van der Waals surface area contributed by atoms with Crippen LogP contribution < -0.4 is 19.6 Å². The van der Waals surface area contributed by atoms with Crippen LogP contribution in [0.2, 0.25) is 0 Å². The van der Waals surface area contributed by atoms with Crippen molar-refractivity contribution in [2.24, 2.45) is 0 Å². The number of rotatable bonds is 26. The molecule has 2 unspecified atom stereocenters. The largest absolute Gasteiger partial charge is 2.00 e. The Hall–Kier alpha value is 1.88. The maximum Gasteiger partial charge on any atom is 2.00 e. The summed E-state index contributed by atoms with van der Waals surface area (Å²) >= 11 is 0. The van der Waals surface area contributed by atoms with E-state index in [1.165, 1.54) is 77.0 Å². The second kappa shape index (κ2) is 33.1. The minimum atomic E-state index is -4.53. The Labute approximate surface area is 387 Å². The smallest absolute Gasteiger partial charge is 0.811 e. The van der Waals surface area contributed by atoms with Crippen molar-refractivity contribution in [3.05, 3.63) is 70.8 Å². The standard InChI is InChI=1S/2C20H35O3P.2Ba/c2*1-3-4-5-6-7-8-9-10-11-12-20(24(21,22)23)17-19-15-13-18(2)14-16-19;;/h2*13-16,20H,3-12,17H2,1-2H3,(H2,21,22,23);;/q;;2*+2/p-4. The van der Waals surface area contributed by atoms with Crippen LogP contribution in [0, 0.1) is 13.8 Å². The normalized spacial score (nSPS) is 12.6. The zero-order valence-corrected chi connectivity index (χ0v) is 42.8. The van der Waals surface area contributed by atoms with Gasteiger partial charge in [-0.25, -0.2) is 0 Å². The van der Waals surface area contributed by atoms with Crippen LogP contribution in [-0.4, -0.2) is 109 Å². The van der Waals surface area contributed by atoms with Gasteiger partial charge in [0, 0.05) is 0 Å². The molecule has 2 aromatic carbocycles. The van der Waals surface area contributed by atoms with Crippen LogP contribution in [0.1, 0.15) is 165 Å². The molecule has 0 spiro atoms. The molecule has 0 bridgehead atoms. The Morgan fingerprint density at radius 3 is 0.920 bits per heavy atom. The van der Waals surface area contributed by atoms with E-state index in [1.807, 2.05) is 62.4 Å². The molecule has 0 aliphatic heterocycles. The molecule has 0 N–H and O–H groups in total. The Bertz CT molecular complexity index is 1060. The third-order valence-electron chi connectivity index (χ3n) is 9.36. The van der Waals surface area contributed by atoms with E-state index in [2.05, 4.69) is 13.8 Å². The van der Waals surface area contributed by atoms with Crippen molar-refractivity contribution in [2.75, 3.05) is 0 Å². The number of hydrogen-bond acceptors (Lipinski definition) is 6. The molecule has 0 aromatic heterocycles. The van der Waals surface area contributed by atoms with Gasteiger partial charge in [0.1, 0.15) is 0 Å². The summed E-state index contributed by atoms with van der Waals surface area (Å²) in [4.78, 5) is 46.2. The molecule has 2 aromatic rings. The first-order valence-corrected chi connectivity index (χ1v) is 22.2. The fraction of sp³-hybridized carbons (Fsp3) is 0.700. The molecule has 10 heteroatoms. The van der Waals surface area contributed by atoms with Crippen LogP contribution in [0.15, 0.2) is 48.5 Å². The number of benzene rings is 2. The molecule has 2 rings (SSSR count). The molecule has 0 heterocycles. The Balaban J connectivity index is 0. The van der Waals surface area contributed by atoms with Crippen molar-refractivity contribution < 1.29 is 28.7 Å². The van der Waals surface area contributed by atoms with E-state index >= 15 is 0 Å². The molecule has 2 atom stereocenters. The second-order valence-electron chi connectivity index (χ2n) is 14.0. The summed E-state index contributed by atoms with van der Waals surface area (Å²) in [7, 11) is -9.05. The van der Waals surface area contributed by atoms with Crippen molar-refractivity contribution >= 4 is 113 Å². The fourth-order valence-corrected chi connectivity index (χ4v) is 7.98. The maximum atomic E-state index is 11.5. The van der Waals surface area contributed by atoms with Gasteiger partial charge in [-0.2, -0.15) is 0 Å². The summed E-state index contributed by atoms with van der Waals surface area (Å²) in [6, 6.07) is 15.6. The number of aryl methyl sites for hydroxylation is 2. The van der Waals surface area contributed by atoms with E-state index in [-0.39, 0.29) is 97.8 Å². The number of unbranched alkanes of at least 4 members (excludes halogenated alkanes) is 16. The molecular weight excluding hydrogens is 913 g/mol. The molecule has 0 fully saturated rings. The van der Waals surface area contributed by atoms with E-state index in [4.69, 9.17) is 0 Å². The molecule has 0 aliphatic carbocycles. The van der Waals surface area contributed by atoms with Crippen molar-refractivity contribution in [2.45, 2.75) is 180 Å². The fourth-order valence-electron chi connectivity index (χ4n) is 6.12. The van der Waals surface area contributed by atoms with Gasteiger partial charge in [0.25, 0.3) is 0 Å². The average molecular weight is 980 g/mol. The molecule has 0 aliphatic rings. The maximum absolute atomic E-state index is 11.5. The van der Waals surface area contributed by atoms with E-state index < -0.39 is 26.5 Å². The van der Waals surface area contributed by atoms with Gasteiger partial charge in [0.2, 0.25) is 0 Å². The summed E-state index contributed by atoms with van der Waals surface area (Å²) in [5.74, 6) is 0. The SMILES string of the molecule is CCCCCCCCCCCC(Cc1ccc(C)cc1)P(=O)([O-])[O-].CCCCCCCCCCCC(Cc1ccc(C)cc1)P(=O)([O-])[O-].[Ba+2].[Ba+2]. The van der Waals surface area contributed by atoms with Gasteiger partial charge in [0.15, 0.2) is 0 Å². The number of hydrogen-bond donors (Lipinski definition) is 0. The minimum Gasteiger partial charge on any atom is -0.811 e. The van der Waals surface area contributed by atoms with Crippen LogP contribution in [-0.2, 0) is 22.0 Å². The topological polar surface area (TPSA) is 126 Å². The van der Waals surface area contributed by atoms with Gasteiger partial charge in [-0.05, 0) is 62.0 Å². The summed E-state index contributed by atoms with van der Waals surface area (Å²) in [6.07, 6.45) is 23.1. The second-order valence-corrected chi connectivity index (χ2v) is 17.6. The average Bonchev–Trinajstić information content (AvgIpc) is 3.03. The van der Waals surface area contributed by atoms with Gasteiger partial charge in [-0.15, -0.1) is 0 Å². The van der Waals surface area contributed by atoms with Gasteiger partial charge >= 0.3 is 97.8 Å². The first-order chi connectivity index (χ1) is 22.9. The molecular formula is C40H66Ba2O6P2. The van der Waals surface area contributed by atoms with E-state index in [0.29, 0.717) is 25.7 Å². The van der Waals surface area contributed by atoms with Crippen molar-refractivity contribution in [1.82, 2.24) is 0 Å². The van der Waals surface area contributed by atoms with Crippen molar-refractivity contribution in [1.29, 1.82) is 0 Å². The molecule has 0 radical (unpaired) electrons. The van der Waals surface area contributed by atoms with E-state index in [1.54, 1.807) is 0 Å². The molecule has 0 saturated carbocycles. The monoisotopic (exact) mass is 980 g/mol. The predicted octanol–water partition coefficient (Wildman–Crippen LogP) is 8.72. The Kier molecular flexibility index (Phi) is 35.7. The zero-order chi connectivity index (χ0) is 35.7. The molecule has 276 valence electrons.